The van der Waals surface area contributed by atoms with Gasteiger partial charge in [-0.05, 0) is 19.3 Å². The smallest absolute Gasteiger partial charge is 0.127 e. The normalized spacial score (nSPS) is 31.9. The largest absolute Gasteiger partial charge is 0.304 e. The molecule has 8 heavy (non-hydrogen) atoms. The summed E-state index contributed by atoms with van der Waals surface area (Å²) in [6.07, 6.45) is 3.24. The van der Waals surface area contributed by atoms with Crippen LogP contribution < -0.4 is 11.2 Å². The van der Waals surface area contributed by atoms with Gasteiger partial charge in [0.1, 0.15) is 6.23 Å². The second kappa shape index (κ2) is 3.02. The molecular weight excluding hydrogens is 104 g/mol. The van der Waals surface area contributed by atoms with Crippen LogP contribution in [-0.2, 0) is 4.84 Å². The predicted octanol–water partition coefficient (Wildman–Crippen LogP) is -0.0237. The molecule has 0 saturated carbocycles. The molecule has 0 aromatic carbocycles. The molecule has 1 saturated heterocycles. The summed E-state index contributed by atoms with van der Waals surface area (Å²) in [5.74, 6) is 0. The lowest BCUT2D eigenvalue weighted by Gasteiger charge is -2.05. The van der Waals surface area contributed by atoms with Gasteiger partial charge < -0.3 is 5.73 Å². The van der Waals surface area contributed by atoms with Gasteiger partial charge in [0, 0.05) is 6.54 Å². The molecule has 0 radical (unpaired) electrons. The van der Waals surface area contributed by atoms with Crippen LogP contribution in [0.1, 0.15) is 19.3 Å². The van der Waals surface area contributed by atoms with Gasteiger partial charge in [0.15, 0.2) is 0 Å². The lowest BCUT2D eigenvalue weighted by atomic mass is 10.2. The highest BCUT2D eigenvalue weighted by molar-refractivity contribution is 4.52. The van der Waals surface area contributed by atoms with Crippen LogP contribution in [0.4, 0.5) is 0 Å². The van der Waals surface area contributed by atoms with E-state index in [2.05, 4.69) is 5.48 Å². The molecule has 0 aromatic heterocycles. The van der Waals surface area contributed by atoms with E-state index in [1.807, 2.05) is 0 Å². The van der Waals surface area contributed by atoms with Crippen LogP contribution in [0.25, 0.3) is 0 Å². The zero-order valence-electron chi connectivity index (χ0n) is 4.89. The molecule has 0 spiro atoms. The summed E-state index contributed by atoms with van der Waals surface area (Å²) in [6, 6.07) is 0. The molecule has 1 fully saturated rings. The van der Waals surface area contributed by atoms with Gasteiger partial charge in [-0.15, -0.1) is 0 Å². The molecule has 0 unspecified atom stereocenters. The van der Waals surface area contributed by atoms with Gasteiger partial charge in [-0.1, -0.05) is 0 Å². The number of hydrogen-bond acceptors (Lipinski definition) is 3. The second-order valence-electron chi connectivity index (χ2n) is 2.05. The number of nitrogens with one attached hydrogen (secondary N) is 1. The fourth-order valence-electron chi connectivity index (χ4n) is 0.768. The summed E-state index contributed by atoms with van der Waals surface area (Å²) >= 11 is 0. The van der Waals surface area contributed by atoms with E-state index in [9.17, 15) is 0 Å². The Morgan fingerprint density at radius 2 is 2.38 bits per heavy atom. The van der Waals surface area contributed by atoms with Crippen molar-refractivity contribution in [1.82, 2.24) is 5.48 Å². The maximum atomic E-state index is 5.45. The van der Waals surface area contributed by atoms with Crippen molar-refractivity contribution in [3.63, 3.8) is 0 Å². The van der Waals surface area contributed by atoms with Crippen LogP contribution in [-0.4, -0.2) is 12.8 Å². The maximum Gasteiger partial charge on any atom is 0.127 e. The van der Waals surface area contributed by atoms with Crippen molar-refractivity contribution in [1.29, 1.82) is 0 Å². The quantitative estimate of drug-likeness (QED) is 0.467. The maximum absolute atomic E-state index is 5.45. The fraction of sp³-hybridized carbons (Fsp3) is 1.00. The number of hydroxylamine groups is 1. The van der Waals surface area contributed by atoms with Gasteiger partial charge >= 0.3 is 0 Å². The minimum atomic E-state index is -0.0856. The van der Waals surface area contributed by atoms with E-state index >= 15 is 0 Å². The van der Waals surface area contributed by atoms with E-state index in [1.54, 1.807) is 0 Å². The molecule has 0 bridgehead atoms. The molecule has 3 heteroatoms. The van der Waals surface area contributed by atoms with Crippen molar-refractivity contribution in [3.05, 3.63) is 0 Å². The molecule has 3 nitrogen and oxygen atoms in total. The molecule has 0 aliphatic carbocycles. The molecule has 48 valence electrons. The van der Waals surface area contributed by atoms with Gasteiger partial charge in [-0.25, -0.2) is 5.48 Å². The van der Waals surface area contributed by atoms with Gasteiger partial charge in [-0.3, -0.25) is 4.84 Å². The Morgan fingerprint density at radius 1 is 1.50 bits per heavy atom. The lowest BCUT2D eigenvalue weighted by Crippen LogP contribution is -2.28. The summed E-state index contributed by atoms with van der Waals surface area (Å²) < 4.78 is 0. The summed E-state index contributed by atoms with van der Waals surface area (Å²) in [4.78, 5) is 4.93. The van der Waals surface area contributed by atoms with Crippen LogP contribution in [0.15, 0.2) is 0 Å². The van der Waals surface area contributed by atoms with E-state index in [-0.39, 0.29) is 6.23 Å². The number of rotatable bonds is 0. The Morgan fingerprint density at radius 3 is 3.25 bits per heavy atom. The number of hydrogen-bond donors (Lipinski definition) is 2. The Hall–Kier alpha value is -0.120. The summed E-state index contributed by atoms with van der Waals surface area (Å²) in [6.45, 7) is 0.938. The first kappa shape index (κ1) is 6.01. The molecular formula is C5H12N2O. The molecule has 1 aliphatic heterocycles. The van der Waals surface area contributed by atoms with E-state index in [0.717, 1.165) is 13.0 Å². The van der Waals surface area contributed by atoms with Crippen LogP contribution in [0.2, 0.25) is 0 Å². The topological polar surface area (TPSA) is 47.3 Å². The Kier molecular flexibility index (Phi) is 2.27. The Bertz CT molecular complexity index is 59.4. The Balaban J connectivity index is 2.17. The van der Waals surface area contributed by atoms with Crippen LogP contribution in [0, 0.1) is 0 Å². The van der Waals surface area contributed by atoms with Crippen LogP contribution in [0.5, 0.6) is 0 Å². The third-order valence-corrected chi connectivity index (χ3v) is 1.25. The third-order valence-electron chi connectivity index (χ3n) is 1.25. The first-order valence-electron chi connectivity index (χ1n) is 3.03. The summed E-state index contributed by atoms with van der Waals surface area (Å²) in [7, 11) is 0. The SMILES string of the molecule is N[C@@H]1CCCCNO1. The zero-order valence-corrected chi connectivity index (χ0v) is 4.89. The molecule has 1 rings (SSSR count). The van der Waals surface area contributed by atoms with Crippen molar-refractivity contribution in [3.8, 4) is 0 Å². The van der Waals surface area contributed by atoms with Crippen LogP contribution >= 0.6 is 0 Å². The highest BCUT2D eigenvalue weighted by Gasteiger charge is 2.05. The molecule has 0 amide bonds. The zero-order chi connectivity index (χ0) is 5.82. The first-order valence-corrected chi connectivity index (χ1v) is 3.03. The molecule has 3 N–H and O–H groups in total. The van der Waals surface area contributed by atoms with E-state index in [4.69, 9.17) is 10.6 Å². The van der Waals surface area contributed by atoms with Gasteiger partial charge in [0.05, 0.1) is 0 Å². The minimum Gasteiger partial charge on any atom is -0.304 e. The van der Waals surface area contributed by atoms with Gasteiger partial charge in [-0.2, -0.15) is 0 Å². The van der Waals surface area contributed by atoms with Crippen molar-refractivity contribution >= 4 is 0 Å². The van der Waals surface area contributed by atoms with Gasteiger partial charge in [0.2, 0.25) is 0 Å². The van der Waals surface area contributed by atoms with Crippen molar-refractivity contribution in [2.45, 2.75) is 25.5 Å². The number of nitrogens with two attached hydrogens (primary N) is 1. The molecule has 1 heterocycles. The van der Waals surface area contributed by atoms with E-state index < -0.39 is 0 Å². The highest BCUT2D eigenvalue weighted by atomic mass is 16.7. The van der Waals surface area contributed by atoms with Crippen molar-refractivity contribution in [2.75, 3.05) is 6.54 Å². The Labute approximate surface area is 49.2 Å². The van der Waals surface area contributed by atoms with E-state index in [0.29, 0.717) is 0 Å². The summed E-state index contributed by atoms with van der Waals surface area (Å²) in [5, 5.41) is 0. The van der Waals surface area contributed by atoms with Crippen LogP contribution in [0.3, 0.4) is 0 Å². The average Bonchev–Trinajstić information content (AvgIpc) is 1.94. The lowest BCUT2D eigenvalue weighted by molar-refractivity contribution is -0.0131. The standard InChI is InChI=1S/C5H12N2O/c6-5-3-1-2-4-7-8-5/h5,7H,1-4,6H2/t5-/m0/s1. The first-order chi connectivity index (χ1) is 3.89. The second-order valence-corrected chi connectivity index (χ2v) is 2.05. The van der Waals surface area contributed by atoms with E-state index in [1.165, 1.54) is 12.8 Å². The molecule has 0 aromatic rings. The minimum absolute atomic E-state index is 0.0856. The highest BCUT2D eigenvalue weighted by Crippen LogP contribution is 2.01. The predicted molar refractivity (Wildman–Crippen MR) is 30.9 cm³/mol. The average molecular weight is 116 g/mol. The molecule has 1 aliphatic rings. The molecule has 1 atom stereocenters. The monoisotopic (exact) mass is 116 g/mol. The third kappa shape index (κ3) is 1.78. The van der Waals surface area contributed by atoms with Crippen molar-refractivity contribution in [2.24, 2.45) is 5.73 Å². The van der Waals surface area contributed by atoms with Gasteiger partial charge in [0.25, 0.3) is 0 Å². The van der Waals surface area contributed by atoms with Crippen molar-refractivity contribution < 1.29 is 4.84 Å². The fourth-order valence-corrected chi connectivity index (χ4v) is 0.768. The summed E-state index contributed by atoms with van der Waals surface area (Å²) in [5.41, 5.74) is 8.22.